The summed E-state index contributed by atoms with van der Waals surface area (Å²) in [6.07, 6.45) is 10.2. The molecular weight excluding hydrogens is 684 g/mol. The van der Waals surface area contributed by atoms with Gasteiger partial charge in [-0.15, -0.1) is 23.0 Å². The summed E-state index contributed by atoms with van der Waals surface area (Å²) in [7, 11) is 0. The van der Waals surface area contributed by atoms with Crippen molar-refractivity contribution in [3.63, 3.8) is 0 Å². The largest absolute Gasteiger partial charge is 1.00 e. The summed E-state index contributed by atoms with van der Waals surface area (Å²) in [5.41, 5.74) is 3.25. The van der Waals surface area contributed by atoms with Crippen molar-refractivity contribution in [1.29, 1.82) is 0 Å². The van der Waals surface area contributed by atoms with E-state index in [-0.39, 0.29) is 98.4 Å². The molecule has 4 heterocycles. The summed E-state index contributed by atoms with van der Waals surface area (Å²) in [5.74, 6) is 0.472. The van der Waals surface area contributed by atoms with Crippen molar-refractivity contribution in [1.82, 2.24) is 0 Å². The molecule has 4 fully saturated rings. The monoisotopic (exact) mass is 744 g/mol. The van der Waals surface area contributed by atoms with Gasteiger partial charge < -0.3 is 39.4 Å². The van der Waals surface area contributed by atoms with Crippen molar-refractivity contribution in [3.05, 3.63) is 119 Å². The van der Waals surface area contributed by atoms with Gasteiger partial charge >= 0.3 is 75.4 Å². The molecule has 0 aromatic heterocycles. The summed E-state index contributed by atoms with van der Waals surface area (Å²) in [6, 6.07) is 27.9. The first-order valence-corrected chi connectivity index (χ1v) is 18.4. The van der Waals surface area contributed by atoms with Crippen molar-refractivity contribution in [2.75, 3.05) is 52.9 Å². The molecule has 0 aliphatic carbocycles. The maximum absolute atomic E-state index is 10.6. The second kappa shape index (κ2) is 42.9. The van der Waals surface area contributed by atoms with Gasteiger partial charge in [0.05, 0.1) is 0 Å². The fourth-order valence-electron chi connectivity index (χ4n) is 4.27. The zero-order valence-corrected chi connectivity index (χ0v) is 35.8. The predicted molar refractivity (Wildman–Crippen MR) is 203 cm³/mol. The van der Waals surface area contributed by atoms with E-state index in [9.17, 15) is 20.4 Å². The van der Waals surface area contributed by atoms with Gasteiger partial charge in [0.15, 0.2) is 0 Å². The van der Waals surface area contributed by atoms with E-state index >= 15 is 0 Å². The van der Waals surface area contributed by atoms with Gasteiger partial charge in [0.25, 0.3) is 0 Å². The molecule has 0 saturated carbocycles. The average molecular weight is 745 g/mol. The first-order valence-electron chi connectivity index (χ1n) is 18.4. The molecule has 288 valence electrons. The molecule has 0 radical (unpaired) electrons. The third kappa shape index (κ3) is 35.5. The molecule has 12 heteroatoms. The molecule has 4 aliphatic rings. The van der Waals surface area contributed by atoms with Gasteiger partial charge in [-0.2, -0.15) is 0 Å². The number of ether oxygens (including phenoxy) is 4. The fraction of sp³-hybridized carbons (Fsp3) is 0.455. The van der Waals surface area contributed by atoms with Crippen molar-refractivity contribution in [2.45, 2.75) is 79.1 Å². The Morgan fingerprint density at radius 1 is 0.286 bits per heavy atom. The van der Waals surface area contributed by atoms with Crippen molar-refractivity contribution < 1.29 is 115 Å². The number of benzene rings is 4. The van der Waals surface area contributed by atoms with Crippen LogP contribution < -0.4 is 95.9 Å². The normalized spacial score (nSPS) is 13.8. The van der Waals surface area contributed by atoms with Gasteiger partial charge in [-0.25, -0.2) is 0 Å². The van der Waals surface area contributed by atoms with Crippen LogP contribution in [0.25, 0.3) is 0 Å². The van der Waals surface area contributed by atoms with Crippen LogP contribution in [0.2, 0.25) is 0 Å². The minimum atomic E-state index is 0. The van der Waals surface area contributed by atoms with Crippen molar-refractivity contribution >= 4 is 0 Å². The molecule has 8 nitrogen and oxygen atoms in total. The molecule has 0 amide bonds. The van der Waals surface area contributed by atoms with Gasteiger partial charge in [-0.05, 0) is 79.1 Å². The van der Waals surface area contributed by atoms with Crippen LogP contribution in [-0.2, 0) is 18.9 Å². The Hall–Kier alpha value is -1.69. The van der Waals surface area contributed by atoms with Gasteiger partial charge in [0.2, 0.25) is 0 Å². The SMILES string of the molecule is C1CCOC1.C1CCOC1.C1CCOC1.C1CCOC1.Cc1ccccc1[O-].Cc1ccccc1[O-].Cc1ccccc1[O-].Cc1ccccc1[O-].[Li+].[Li+].[Li+].[Li+]. The van der Waals surface area contributed by atoms with Crippen LogP contribution in [0.5, 0.6) is 23.0 Å². The zero-order chi connectivity index (χ0) is 38.1. The Labute approximate surface area is 386 Å². The molecule has 0 unspecified atom stereocenters. The summed E-state index contributed by atoms with van der Waals surface area (Å²) in [4.78, 5) is 0. The molecule has 0 N–H and O–H groups in total. The maximum Gasteiger partial charge on any atom is 1.00 e. The number of aryl methyl sites for hydroxylation is 4. The van der Waals surface area contributed by atoms with Crippen LogP contribution >= 0.6 is 0 Å². The van der Waals surface area contributed by atoms with E-state index < -0.39 is 0 Å². The van der Waals surface area contributed by atoms with Crippen molar-refractivity contribution in [2.24, 2.45) is 0 Å². The Balaban J connectivity index is -0.000000275. The molecular formula is C44H60Li4O8. The van der Waals surface area contributed by atoms with Crippen LogP contribution in [-0.4, -0.2) is 52.9 Å². The Morgan fingerprint density at radius 2 is 0.429 bits per heavy atom. The Bertz CT molecular complexity index is 1090. The maximum atomic E-state index is 10.6. The van der Waals surface area contributed by atoms with E-state index in [1.807, 2.05) is 76.2 Å². The number of rotatable bonds is 0. The van der Waals surface area contributed by atoms with Crippen LogP contribution in [0.15, 0.2) is 97.1 Å². The Morgan fingerprint density at radius 3 is 0.500 bits per heavy atom. The third-order valence-electron chi connectivity index (χ3n) is 7.68. The van der Waals surface area contributed by atoms with Gasteiger partial charge in [-0.1, -0.05) is 119 Å². The van der Waals surface area contributed by atoms with Crippen molar-refractivity contribution in [3.8, 4) is 23.0 Å². The predicted octanol–water partition coefficient (Wildman–Crippen LogP) is -4.52. The number of hydrogen-bond donors (Lipinski definition) is 0. The van der Waals surface area contributed by atoms with E-state index in [2.05, 4.69) is 0 Å². The molecule has 56 heavy (non-hydrogen) atoms. The zero-order valence-electron chi connectivity index (χ0n) is 35.8. The van der Waals surface area contributed by atoms with Crippen LogP contribution in [0.4, 0.5) is 0 Å². The molecule has 0 bridgehead atoms. The summed E-state index contributed by atoms with van der Waals surface area (Å²) >= 11 is 0. The van der Waals surface area contributed by atoms with E-state index in [1.54, 1.807) is 48.5 Å². The minimum Gasteiger partial charge on any atom is -0.872 e. The smallest absolute Gasteiger partial charge is 0.872 e. The number of hydrogen-bond acceptors (Lipinski definition) is 8. The first kappa shape index (κ1) is 61.0. The standard InChI is InChI=1S/4C7H8O.4C4H8O.4Li/c4*1-6-4-2-3-5-7(6)8;4*1-2-4-5-3-1;;;;/h4*2-5,8H,1H3;4*1-4H2;;;;/q;;;;;;;;4*+1/p-4. The fourth-order valence-corrected chi connectivity index (χ4v) is 4.27. The quantitative estimate of drug-likeness (QED) is 0.165. The van der Waals surface area contributed by atoms with Gasteiger partial charge in [-0.3, -0.25) is 0 Å². The first-order chi connectivity index (χ1) is 25.2. The third-order valence-corrected chi connectivity index (χ3v) is 7.68. The summed E-state index contributed by atoms with van der Waals surface area (Å²) in [5, 5.41) is 42.5. The second-order valence-corrected chi connectivity index (χ2v) is 12.3. The topological polar surface area (TPSA) is 129 Å². The average Bonchev–Trinajstić information content (AvgIpc) is 4.01. The molecule has 0 spiro atoms. The van der Waals surface area contributed by atoms with Crippen LogP contribution in [0, 0.1) is 27.7 Å². The molecule has 8 rings (SSSR count). The van der Waals surface area contributed by atoms with Gasteiger partial charge in [0, 0.05) is 52.9 Å². The summed E-state index contributed by atoms with van der Waals surface area (Å²) in [6.45, 7) is 15.2. The molecule has 4 saturated heterocycles. The van der Waals surface area contributed by atoms with E-state index in [1.165, 1.54) is 51.4 Å². The second-order valence-electron chi connectivity index (χ2n) is 12.3. The van der Waals surface area contributed by atoms with E-state index in [4.69, 9.17) is 18.9 Å². The van der Waals surface area contributed by atoms with E-state index in [0.29, 0.717) is 0 Å². The molecule has 4 aromatic rings. The minimum absolute atomic E-state index is 0. The Kier molecular flexibility index (Phi) is 46.7. The van der Waals surface area contributed by atoms with Gasteiger partial charge in [0.1, 0.15) is 0 Å². The molecule has 4 aromatic carbocycles. The number of para-hydroxylation sites is 4. The molecule has 4 aliphatic heterocycles. The summed E-state index contributed by atoms with van der Waals surface area (Å²) < 4.78 is 19.8. The van der Waals surface area contributed by atoms with Crippen LogP contribution in [0.3, 0.4) is 0 Å². The molecule has 0 atom stereocenters. The van der Waals surface area contributed by atoms with E-state index in [0.717, 1.165) is 75.1 Å². The van der Waals surface area contributed by atoms with Crippen LogP contribution in [0.1, 0.15) is 73.6 Å².